The lowest BCUT2D eigenvalue weighted by molar-refractivity contribution is -0.159. The molecule has 0 bridgehead atoms. The van der Waals surface area contributed by atoms with Crippen LogP contribution in [0.1, 0.15) is 12.0 Å². The van der Waals surface area contributed by atoms with Gasteiger partial charge in [0.25, 0.3) is 0 Å². The van der Waals surface area contributed by atoms with Crippen molar-refractivity contribution in [2.45, 2.75) is 13.0 Å². The van der Waals surface area contributed by atoms with Gasteiger partial charge in [-0.3, -0.25) is 9.69 Å². The summed E-state index contributed by atoms with van der Waals surface area (Å²) in [6, 6.07) is 3.55. The Morgan fingerprint density at radius 1 is 1.46 bits per heavy atom. The van der Waals surface area contributed by atoms with E-state index in [0.717, 1.165) is 18.5 Å². The van der Waals surface area contributed by atoms with Crippen molar-refractivity contribution < 1.29 is 24.1 Å². The Bertz CT molecular complexity index is 638. The zero-order valence-corrected chi connectivity index (χ0v) is 14.6. The number of halogens is 1. The number of likely N-dealkylation sites (tertiary alicyclic amines) is 1. The standard InChI is InChI=1S/C17H22ClNO5/c1-22-14-6-13(18)5-11(15(14)23-2)7-19-8-12-3-4-24-10-17(12,9-19)16(20)21/h5-6,12H,3-4,7-10H2,1-2H3,(H,20,21)/t12-,17+/m0/s1. The maximum Gasteiger partial charge on any atom is 0.313 e. The summed E-state index contributed by atoms with van der Waals surface area (Å²) in [7, 11) is 3.16. The fourth-order valence-corrected chi connectivity index (χ4v) is 4.11. The lowest BCUT2D eigenvalue weighted by atomic mass is 9.76. The number of nitrogens with zero attached hydrogens (tertiary/aromatic N) is 1. The molecular formula is C17H22ClNO5. The summed E-state index contributed by atoms with van der Waals surface area (Å²) < 4.78 is 16.3. The van der Waals surface area contributed by atoms with E-state index in [0.29, 0.717) is 36.2 Å². The number of hydrogen-bond acceptors (Lipinski definition) is 5. The van der Waals surface area contributed by atoms with E-state index in [1.165, 1.54) is 0 Å². The van der Waals surface area contributed by atoms with Crippen molar-refractivity contribution in [2.24, 2.45) is 11.3 Å². The molecule has 0 amide bonds. The Morgan fingerprint density at radius 2 is 2.25 bits per heavy atom. The van der Waals surface area contributed by atoms with E-state index in [-0.39, 0.29) is 12.5 Å². The number of benzene rings is 1. The molecule has 1 aromatic rings. The molecule has 2 heterocycles. The van der Waals surface area contributed by atoms with Gasteiger partial charge in [-0.25, -0.2) is 0 Å². The van der Waals surface area contributed by atoms with Crippen LogP contribution in [-0.2, 0) is 16.1 Å². The summed E-state index contributed by atoms with van der Waals surface area (Å²) in [4.78, 5) is 14.0. The van der Waals surface area contributed by atoms with Gasteiger partial charge in [-0.15, -0.1) is 0 Å². The quantitative estimate of drug-likeness (QED) is 0.874. The fraction of sp³-hybridized carbons (Fsp3) is 0.588. The molecule has 0 aliphatic carbocycles. The number of carboxylic acid groups (broad SMARTS) is 1. The fourth-order valence-electron chi connectivity index (χ4n) is 3.88. The first kappa shape index (κ1) is 17.3. The highest BCUT2D eigenvalue weighted by molar-refractivity contribution is 6.30. The van der Waals surface area contributed by atoms with Gasteiger partial charge in [0.2, 0.25) is 0 Å². The smallest absolute Gasteiger partial charge is 0.313 e. The molecular weight excluding hydrogens is 334 g/mol. The van der Waals surface area contributed by atoms with Crippen molar-refractivity contribution in [2.75, 3.05) is 40.5 Å². The van der Waals surface area contributed by atoms with Crippen LogP contribution in [0.5, 0.6) is 11.5 Å². The second-order valence-electron chi connectivity index (χ2n) is 6.47. The molecule has 2 atom stereocenters. The summed E-state index contributed by atoms with van der Waals surface area (Å²) in [6.07, 6.45) is 0.777. The number of aliphatic carboxylic acids is 1. The molecule has 1 aromatic carbocycles. The van der Waals surface area contributed by atoms with Gasteiger partial charge in [-0.2, -0.15) is 0 Å². The van der Waals surface area contributed by atoms with Crippen molar-refractivity contribution >= 4 is 17.6 Å². The van der Waals surface area contributed by atoms with Crippen LogP contribution in [0.15, 0.2) is 12.1 Å². The Kier molecular flexibility index (Phi) is 4.90. The largest absolute Gasteiger partial charge is 0.493 e. The van der Waals surface area contributed by atoms with Crippen molar-refractivity contribution in [1.82, 2.24) is 4.90 Å². The van der Waals surface area contributed by atoms with Crippen LogP contribution in [0.25, 0.3) is 0 Å². The average molecular weight is 356 g/mol. The summed E-state index contributed by atoms with van der Waals surface area (Å²) in [5, 5.41) is 10.3. The SMILES string of the molecule is COc1cc(Cl)cc(CN2C[C@@H]3CCOC[C@]3(C(=O)O)C2)c1OC. The molecule has 7 heteroatoms. The second-order valence-corrected chi connectivity index (χ2v) is 6.91. The minimum absolute atomic E-state index is 0.107. The van der Waals surface area contributed by atoms with Crippen LogP contribution in [0, 0.1) is 11.3 Å². The van der Waals surface area contributed by atoms with Gasteiger partial charge in [0.05, 0.1) is 20.8 Å². The summed E-state index contributed by atoms with van der Waals surface area (Å²) in [6.45, 7) is 2.66. The normalized spacial score (nSPS) is 26.9. The molecule has 2 fully saturated rings. The Morgan fingerprint density at radius 3 is 2.88 bits per heavy atom. The molecule has 2 aliphatic rings. The van der Waals surface area contributed by atoms with E-state index in [1.54, 1.807) is 20.3 Å². The summed E-state index contributed by atoms with van der Waals surface area (Å²) in [5.41, 5.74) is 0.0793. The zero-order valence-electron chi connectivity index (χ0n) is 13.9. The van der Waals surface area contributed by atoms with Gasteiger partial charge in [0.15, 0.2) is 11.5 Å². The highest BCUT2D eigenvalue weighted by Crippen LogP contribution is 2.43. The van der Waals surface area contributed by atoms with Gasteiger partial charge >= 0.3 is 5.97 Å². The lowest BCUT2D eigenvalue weighted by Crippen LogP contribution is -2.46. The Labute approximate surface area is 146 Å². The highest BCUT2D eigenvalue weighted by atomic mass is 35.5. The van der Waals surface area contributed by atoms with E-state index < -0.39 is 11.4 Å². The molecule has 1 N–H and O–H groups in total. The van der Waals surface area contributed by atoms with Crippen LogP contribution < -0.4 is 9.47 Å². The van der Waals surface area contributed by atoms with Crippen LogP contribution in [-0.4, -0.2) is 56.5 Å². The summed E-state index contributed by atoms with van der Waals surface area (Å²) >= 11 is 6.17. The van der Waals surface area contributed by atoms with Crippen LogP contribution in [0.4, 0.5) is 0 Å². The molecule has 2 aliphatic heterocycles. The number of methoxy groups -OCH3 is 2. The first-order valence-corrected chi connectivity index (χ1v) is 8.32. The molecule has 3 rings (SSSR count). The lowest BCUT2D eigenvalue weighted by Gasteiger charge is -2.34. The number of rotatable bonds is 5. The Balaban J connectivity index is 1.85. The third-order valence-electron chi connectivity index (χ3n) is 5.08. The maximum atomic E-state index is 11.9. The number of hydrogen-bond donors (Lipinski definition) is 1. The van der Waals surface area contributed by atoms with Gasteiger partial charge in [-0.05, 0) is 18.4 Å². The highest BCUT2D eigenvalue weighted by Gasteiger charge is 2.54. The van der Waals surface area contributed by atoms with Crippen LogP contribution in [0.2, 0.25) is 5.02 Å². The molecule has 0 spiro atoms. The summed E-state index contributed by atoms with van der Waals surface area (Å²) in [5.74, 6) is 0.548. The molecule has 24 heavy (non-hydrogen) atoms. The molecule has 2 saturated heterocycles. The zero-order chi connectivity index (χ0) is 17.3. The monoisotopic (exact) mass is 355 g/mol. The van der Waals surface area contributed by atoms with Crippen LogP contribution in [0.3, 0.4) is 0 Å². The topological polar surface area (TPSA) is 68.2 Å². The second kappa shape index (κ2) is 6.78. The van der Waals surface area contributed by atoms with Gasteiger partial charge in [-0.1, -0.05) is 11.6 Å². The minimum atomic E-state index is -0.811. The van der Waals surface area contributed by atoms with Gasteiger partial charge in [0, 0.05) is 42.9 Å². The number of fused-ring (bicyclic) bond motifs is 1. The van der Waals surface area contributed by atoms with E-state index >= 15 is 0 Å². The van der Waals surface area contributed by atoms with Crippen molar-refractivity contribution in [3.63, 3.8) is 0 Å². The third-order valence-corrected chi connectivity index (χ3v) is 5.29. The molecule has 0 aromatic heterocycles. The van der Waals surface area contributed by atoms with Crippen molar-refractivity contribution in [1.29, 1.82) is 0 Å². The maximum absolute atomic E-state index is 11.9. The van der Waals surface area contributed by atoms with Gasteiger partial charge in [0.1, 0.15) is 5.41 Å². The molecule has 0 radical (unpaired) electrons. The van der Waals surface area contributed by atoms with Crippen molar-refractivity contribution in [3.8, 4) is 11.5 Å². The molecule has 132 valence electrons. The first-order chi connectivity index (χ1) is 11.5. The van der Waals surface area contributed by atoms with E-state index in [1.807, 2.05) is 6.07 Å². The Hall–Kier alpha value is -1.50. The minimum Gasteiger partial charge on any atom is -0.493 e. The molecule has 0 unspecified atom stereocenters. The van der Waals surface area contributed by atoms with E-state index in [2.05, 4.69) is 4.90 Å². The van der Waals surface area contributed by atoms with E-state index in [4.69, 9.17) is 25.8 Å². The van der Waals surface area contributed by atoms with E-state index in [9.17, 15) is 9.90 Å². The average Bonchev–Trinajstić information content (AvgIpc) is 2.93. The van der Waals surface area contributed by atoms with Crippen LogP contribution >= 0.6 is 11.6 Å². The predicted molar refractivity (Wildman–Crippen MR) is 88.8 cm³/mol. The van der Waals surface area contributed by atoms with Gasteiger partial charge < -0.3 is 19.3 Å². The van der Waals surface area contributed by atoms with Crippen molar-refractivity contribution in [3.05, 3.63) is 22.7 Å². The predicted octanol–water partition coefficient (Wildman–Crippen LogP) is 2.28. The number of carbonyl (C=O) groups is 1. The number of ether oxygens (including phenoxy) is 3. The number of carboxylic acids is 1. The first-order valence-electron chi connectivity index (χ1n) is 7.94. The third kappa shape index (κ3) is 2.94. The molecule has 6 nitrogen and oxygen atoms in total. The molecule has 0 saturated carbocycles.